The van der Waals surface area contributed by atoms with Gasteiger partial charge in [-0.1, -0.05) is 0 Å². The molecule has 0 radical (unpaired) electrons. The molecule has 0 atom stereocenters. The Morgan fingerprint density at radius 2 is 1.77 bits per heavy atom. The average molecular weight is 492 g/mol. The van der Waals surface area contributed by atoms with Crippen molar-refractivity contribution in [2.75, 3.05) is 7.11 Å². The van der Waals surface area contributed by atoms with Gasteiger partial charge in [0.05, 0.1) is 18.8 Å². The lowest BCUT2D eigenvalue weighted by Crippen LogP contribution is -2.13. The molecule has 0 aliphatic carbocycles. The van der Waals surface area contributed by atoms with Crippen molar-refractivity contribution in [1.82, 2.24) is 9.97 Å². The quantitative estimate of drug-likeness (QED) is 0.360. The highest BCUT2D eigenvalue weighted by Gasteiger charge is 2.35. The van der Waals surface area contributed by atoms with E-state index in [-0.39, 0.29) is 30.0 Å². The molecule has 3 aromatic rings. The first-order chi connectivity index (χ1) is 16.5. The van der Waals surface area contributed by atoms with Gasteiger partial charge in [-0.3, -0.25) is 4.79 Å². The van der Waals surface area contributed by atoms with E-state index in [1.807, 2.05) is 0 Å². The molecule has 186 valence electrons. The molecule has 1 N–H and O–H groups in total. The number of nitrogens with zero attached hydrogens (tertiary/aromatic N) is 2. The summed E-state index contributed by atoms with van der Waals surface area (Å²) in [5, 5.41) is 8.85. The van der Waals surface area contributed by atoms with Crippen molar-refractivity contribution in [3.63, 3.8) is 0 Å². The van der Waals surface area contributed by atoms with E-state index in [2.05, 4.69) is 9.97 Å². The standard InChI is InChI=1S/C25H24F4N2O4/c1-14(2)35-21-8-7-16(10-20(21)25(27,28)29)24-30-12-17(13-31-24)19-11-18(26)9-15(23(19)34-3)5-4-6-22(32)33/h7-14H,4-6H2,1-3H3,(H,32,33). The summed E-state index contributed by atoms with van der Waals surface area (Å²) in [6.45, 7) is 3.27. The number of methoxy groups -OCH3 is 1. The lowest BCUT2D eigenvalue weighted by molar-refractivity contribution is -0.139. The molecule has 0 spiro atoms. The smallest absolute Gasteiger partial charge is 0.419 e. The molecule has 0 saturated heterocycles. The van der Waals surface area contributed by atoms with Crippen LogP contribution in [0.3, 0.4) is 0 Å². The number of hydrogen-bond donors (Lipinski definition) is 1. The molecule has 0 aliphatic rings. The van der Waals surface area contributed by atoms with Crippen LogP contribution in [0, 0.1) is 5.82 Å². The van der Waals surface area contributed by atoms with E-state index in [9.17, 15) is 22.4 Å². The number of hydrogen-bond acceptors (Lipinski definition) is 5. The third kappa shape index (κ3) is 6.46. The molecule has 0 fully saturated rings. The third-order valence-electron chi connectivity index (χ3n) is 5.04. The first-order valence-corrected chi connectivity index (χ1v) is 10.8. The lowest BCUT2D eigenvalue weighted by Gasteiger charge is -2.17. The number of carboxylic acid groups (broad SMARTS) is 1. The summed E-state index contributed by atoms with van der Waals surface area (Å²) >= 11 is 0. The van der Waals surface area contributed by atoms with Crippen LogP contribution in [0.15, 0.2) is 42.7 Å². The number of aromatic nitrogens is 2. The number of halogens is 4. The number of rotatable bonds is 9. The van der Waals surface area contributed by atoms with E-state index in [0.29, 0.717) is 28.9 Å². The van der Waals surface area contributed by atoms with Gasteiger partial charge in [-0.15, -0.1) is 0 Å². The summed E-state index contributed by atoms with van der Waals surface area (Å²) in [7, 11) is 1.41. The Morgan fingerprint density at radius 1 is 1.09 bits per heavy atom. The van der Waals surface area contributed by atoms with Crippen molar-refractivity contribution in [2.24, 2.45) is 0 Å². The topological polar surface area (TPSA) is 81.5 Å². The first-order valence-electron chi connectivity index (χ1n) is 10.8. The van der Waals surface area contributed by atoms with Gasteiger partial charge in [0, 0.05) is 35.5 Å². The van der Waals surface area contributed by atoms with Crippen LogP contribution >= 0.6 is 0 Å². The summed E-state index contributed by atoms with van der Waals surface area (Å²) in [4.78, 5) is 19.2. The van der Waals surface area contributed by atoms with E-state index in [0.717, 1.165) is 6.07 Å². The predicted molar refractivity (Wildman–Crippen MR) is 121 cm³/mol. The molecule has 1 aromatic heterocycles. The van der Waals surface area contributed by atoms with Gasteiger partial charge in [-0.05, 0) is 62.6 Å². The minimum Gasteiger partial charge on any atom is -0.496 e. The number of benzene rings is 2. The maximum Gasteiger partial charge on any atom is 0.419 e. The number of carbonyl (C=O) groups is 1. The Morgan fingerprint density at radius 3 is 2.34 bits per heavy atom. The van der Waals surface area contributed by atoms with Crippen molar-refractivity contribution < 1.29 is 36.9 Å². The van der Waals surface area contributed by atoms with Gasteiger partial charge in [0.2, 0.25) is 0 Å². The number of aliphatic carboxylic acids is 1. The van der Waals surface area contributed by atoms with E-state index in [4.69, 9.17) is 14.6 Å². The normalized spacial score (nSPS) is 11.5. The Balaban J connectivity index is 1.96. The number of aryl methyl sites for hydroxylation is 1. The molecule has 1 heterocycles. The highest BCUT2D eigenvalue weighted by molar-refractivity contribution is 5.72. The summed E-state index contributed by atoms with van der Waals surface area (Å²) in [6, 6.07) is 6.10. The molecule has 35 heavy (non-hydrogen) atoms. The number of carboxylic acids is 1. The largest absolute Gasteiger partial charge is 0.496 e. The van der Waals surface area contributed by atoms with Crippen LogP contribution in [-0.4, -0.2) is 34.3 Å². The fourth-order valence-electron chi connectivity index (χ4n) is 3.58. The Bertz CT molecular complexity index is 1200. The van der Waals surface area contributed by atoms with Crippen LogP contribution in [0.1, 0.15) is 37.8 Å². The van der Waals surface area contributed by atoms with Crippen LogP contribution in [-0.2, 0) is 17.4 Å². The van der Waals surface area contributed by atoms with Crippen LogP contribution < -0.4 is 9.47 Å². The van der Waals surface area contributed by atoms with Crippen LogP contribution in [0.4, 0.5) is 17.6 Å². The van der Waals surface area contributed by atoms with Gasteiger partial charge in [0.1, 0.15) is 17.3 Å². The van der Waals surface area contributed by atoms with Gasteiger partial charge in [0.15, 0.2) is 5.82 Å². The minimum atomic E-state index is -4.63. The summed E-state index contributed by atoms with van der Waals surface area (Å²) in [6.07, 6.45) is -1.84. The van der Waals surface area contributed by atoms with Gasteiger partial charge >= 0.3 is 12.1 Å². The van der Waals surface area contributed by atoms with Crippen LogP contribution in [0.5, 0.6) is 11.5 Å². The van der Waals surface area contributed by atoms with Crippen molar-refractivity contribution in [1.29, 1.82) is 0 Å². The van der Waals surface area contributed by atoms with E-state index >= 15 is 0 Å². The maximum atomic E-state index is 14.3. The van der Waals surface area contributed by atoms with Crippen molar-refractivity contribution >= 4 is 5.97 Å². The van der Waals surface area contributed by atoms with Gasteiger partial charge in [-0.2, -0.15) is 13.2 Å². The highest BCUT2D eigenvalue weighted by Crippen LogP contribution is 2.39. The second kappa shape index (κ2) is 10.7. The Labute approximate surface area is 199 Å². The van der Waals surface area contributed by atoms with E-state index in [1.54, 1.807) is 13.8 Å². The van der Waals surface area contributed by atoms with Gasteiger partial charge < -0.3 is 14.6 Å². The second-order valence-electron chi connectivity index (χ2n) is 8.06. The number of ether oxygens (including phenoxy) is 2. The molecule has 10 heteroatoms. The second-order valence-corrected chi connectivity index (χ2v) is 8.06. The van der Waals surface area contributed by atoms with Crippen molar-refractivity contribution in [3.8, 4) is 34.0 Å². The maximum absolute atomic E-state index is 14.3. The molecular formula is C25H24F4N2O4. The van der Waals surface area contributed by atoms with Crippen molar-refractivity contribution in [2.45, 2.75) is 45.4 Å². The van der Waals surface area contributed by atoms with Crippen LogP contribution in [0.2, 0.25) is 0 Å². The molecule has 0 unspecified atom stereocenters. The van der Waals surface area contributed by atoms with E-state index in [1.165, 1.54) is 43.8 Å². The fourth-order valence-corrected chi connectivity index (χ4v) is 3.58. The summed E-state index contributed by atoms with van der Waals surface area (Å²) in [5.41, 5.74) is 0.430. The monoisotopic (exact) mass is 492 g/mol. The Hall–Kier alpha value is -3.69. The van der Waals surface area contributed by atoms with Crippen molar-refractivity contribution in [3.05, 3.63) is 59.7 Å². The zero-order valence-electron chi connectivity index (χ0n) is 19.3. The zero-order valence-corrected chi connectivity index (χ0v) is 19.3. The molecule has 0 saturated carbocycles. The number of alkyl halides is 3. The molecule has 2 aromatic carbocycles. The zero-order chi connectivity index (χ0) is 25.8. The van der Waals surface area contributed by atoms with Crippen LogP contribution in [0.25, 0.3) is 22.5 Å². The molecular weight excluding hydrogens is 468 g/mol. The fraction of sp³-hybridized carbons (Fsp3) is 0.320. The molecule has 0 bridgehead atoms. The van der Waals surface area contributed by atoms with E-state index < -0.39 is 29.6 Å². The first kappa shape index (κ1) is 25.9. The molecule has 3 rings (SSSR count). The SMILES string of the molecule is COc1c(CCCC(=O)O)cc(F)cc1-c1cnc(-c2ccc(OC(C)C)c(C(F)(F)F)c2)nc1. The minimum absolute atomic E-state index is 0.0485. The average Bonchev–Trinajstić information content (AvgIpc) is 2.78. The predicted octanol–water partition coefficient (Wildman–Crippen LogP) is 6.17. The molecule has 0 aliphatic heterocycles. The highest BCUT2D eigenvalue weighted by atomic mass is 19.4. The Kier molecular flexibility index (Phi) is 7.93. The summed E-state index contributed by atoms with van der Waals surface area (Å²) in [5.74, 6) is -1.39. The molecule has 0 amide bonds. The summed E-state index contributed by atoms with van der Waals surface area (Å²) < 4.78 is 65.8. The van der Waals surface area contributed by atoms with Gasteiger partial charge in [-0.25, -0.2) is 14.4 Å². The lowest BCUT2D eigenvalue weighted by atomic mass is 9.99. The third-order valence-corrected chi connectivity index (χ3v) is 5.04. The van der Waals surface area contributed by atoms with Gasteiger partial charge in [0.25, 0.3) is 0 Å². The molecule has 6 nitrogen and oxygen atoms in total.